The lowest BCUT2D eigenvalue weighted by Crippen LogP contribution is -2.46. The number of ether oxygens (including phenoxy) is 1. The zero-order valence-electron chi connectivity index (χ0n) is 16.5. The fraction of sp³-hybridized carbons (Fsp3) is 0.318. The molecule has 0 bridgehead atoms. The topological polar surface area (TPSA) is 110 Å². The summed E-state index contributed by atoms with van der Waals surface area (Å²) in [6.07, 6.45) is -0.293. The summed E-state index contributed by atoms with van der Waals surface area (Å²) in [5.41, 5.74) is 8.73. The molecule has 0 fully saturated rings. The van der Waals surface area contributed by atoms with Crippen LogP contribution in [0.5, 0.6) is 5.75 Å². The number of hydrogen-bond acceptors (Lipinski definition) is 4. The third kappa shape index (κ3) is 4.48. The van der Waals surface area contributed by atoms with E-state index >= 15 is 0 Å². The average molecular weight is 475 g/mol. The van der Waals surface area contributed by atoms with Gasteiger partial charge in [0.25, 0.3) is 5.91 Å². The summed E-state index contributed by atoms with van der Waals surface area (Å²) >= 11 is 3.41. The molecule has 7 nitrogen and oxygen atoms in total. The van der Waals surface area contributed by atoms with Gasteiger partial charge in [0.1, 0.15) is 18.4 Å². The first kappa shape index (κ1) is 21.8. The van der Waals surface area contributed by atoms with Gasteiger partial charge in [0.2, 0.25) is 5.91 Å². The number of hydrogen-bond donors (Lipinski definition) is 2. The number of primary amides is 1. The maximum absolute atomic E-state index is 13.2. The number of nitrogens with zero attached hydrogens (tertiary/aromatic N) is 1. The molecule has 3 N–H and O–H groups in total. The second-order valence-electron chi connectivity index (χ2n) is 7.20. The molecule has 158 valence electrons. The van der Waals surface area contributed by atoms with E-state index < -0.39 is 24.0 Å². The van der Waals surface area contributed by atoms with Gasteiger partial charge in [-0.1, -0.05) is 52.3 Å². The maximum atomic E-state index is 13.2. The number of carbonyl (C=O) groups is 3. The number of carbonyl (C=O) groups excluding carboxylic acids is 2. The van der Waals surface area contributed by atoms with E-state index in [1.54, 1.807) is 19.1 Å². The summed E-state index contributed by atoms with van der Waals surface area (Å²) in [6, 6.07) is 11.8. The Hall–Kier alpha value is -2.87. The molecule has 2 aromatic rings. The van der Waals surface area contributed by atoms with E-state index in [1.807, 2.05) is 30.3 Å². The van der Waals surface area contributed by atoms with Gasteiger partial charge in [-0.25, -0.2) is 0 Å². The monoisotopic (exact) mass is 474 g/mol. The third-order valence-corrected chi connectivity index (χ3v) is 5.89. The molecule has 1 aliphatic rings. The van der Waals surface area contributed by atoms with E-state index in [0.29, 0.717) is 17.9 Å². The Bertz CT molecular complexity index is 961. The minimum absolute atomic E-state index is 0.0369. The summed E-state index contributed by atoms with van der Waals surface area (Å²) < 4.78 is 5.94. The summed E-state index contributed by atoms with van der Waals surface area (Å²) in [5.74, 6) is -1.72. The average Bonchev–Trinajstić information content (AvgIpc) is 2.98. The van der Waals surface area contributed by atoms with Crippen LogP contribution in [-0.2, 0) is 21.5 Å². The van der Waals surface area contributed by atoms with Crippen molar-refractivity contribution in [3.05, 3.63) is 64.7 Å². The maximum Gasteiger partial charge on any atom is 0.303 e. The van der Waals surface area contributed by atoms with Crippen LogP contribution in [0.2, 0.25) is 0 Å². The highest BCUT2D eigenvalue weighted by Crippen LogP contribution is 2.40. The Morgan fingerprint density at radius 3 is 2.47 bits per heavy atom. The first-order chi connectivity index (χ1) is 14.3. The van der Waals surface area contributed by atoms with E-state index in [-0.39, 0.29) is 18.7 Å². The summed E-state index contributed by atoms with van der Waals surface area (Å²) in [5, 5.41) is 9.74. The second-order valence-corrected chi connectivity index (χ2v) is 7.76. The highest BCUT2D eigenvalue weighted by atomic mass is 79.9. The molecular weight excluding hydrogens is 452 g/mol. The molecule has 0 spiro atoms. The van der Waals surface area contributed by atoms with Crippen LogP contribution in [-0.4, -0.2) is 33.8 Å². The number of carboxylic acids is 1. The Balaban J connectivity index is 1.83. The molecule has 0 radical (unpaired) electrons. The summed E-state index contributed by atoms with van der Waals surface area (Å²) in [7, 11) is 0. The number of aliphatic carboxylic acids is 1. The fourth-order valence-corrected chi connectivity index (χ4v) is 4.05. The molecule has 0 saturated heterocycles. The number of benzene rings is 2. The highest BCUT2D eigenvalue weighted by Gasteiger charge is 2.42. The van der Waals surface area contributed by atoms with Gasteiger partial charge in [-0.15, -0.1) is 0 Å². The van der Waals surface area contributed by atoms with Crippen LogP contribution in [0.4, 0.5) is 0 Å². The molecule has 2 atom stereocenters. The van der Waals surface area contributed by atoms with Gasteiger partial charge in [0.15, 0.2) is 0 Å². The molecular formula is C22H23BrN2O5. The van der Waals surface area contributed by atoms with Crippen molar-refractivity contribution in [1.82, 2.24) is 4.90 Å². The lowest BCUT2D eigenvalue weighted by atomic mass is 10.0. The van der Waals surface area contributed by atoms with Gasteiger partial charge in [0.05, 0.1) is 11.6 Å². The predicted molar refractivity (Wildman–Crippen MR) is 114 cm³/mol. The highest BCUT2D eigenvalue weighted by molar-refractivity contribution is 9.08. The zero-order valence-corrected chi connectivity index (χ0v) is 18.1. The molecule has 2 unspecified atom stereocenters. The number of nitrogens with two attached hydrogens (primary N) is 1. The fourth-order valence-electron chi connectivity index (χ4n) is 3.68. The van der Waals surface area contributed by atoms with Crippen LogP contribution < -0.4 is 10.5 Å². The van der Waals surface area contributed by atoms with Crippen molar-refractivity contribution in [3.8, 4) is 5.75 Å². The molecule has 0 saturated carbocycles. The Morgan fingerprint density at radius 1 is 1.20 bits per heavy atom. The van der Waals surface area contributed by atoms with E-state index in [9.17, 15) is 14.4 Å². The minimum atomic E-state index is -1.05. The zero-order chi connectivity index (χ0) is 21.8. The van der Waals surface area contributed by atoms with Crippen LogP contribution in [0.3, 0.4) is 0 Å². The van der Waals surface area contributed by atoms with E-state index in [2.05, 4.69) is 15.9 Å². The number of alkyl halides is 1. The van der Waals surface area contributed by atoms with Crippen molar-refractivity contribution in [1.29, 1.82) is 0 Å². The SMILES string of the molecule is CC1c2cccc(OCc3ccc(CBr)cc3)c2C(=O)N1C(CCC(=O)O)C(N)=O. The number of fused-ring (bicyclic) bond motifs is 1. The quantitative estimate of drug-likeness (QED) is 0.541. The van der Waals surface area contributed by atoms with E-state index in [1.165, 1.54) is 4.90 Å². The molecule has 8 heteroatoms. The van der Waals surface area contributed by atoms with Crippen molar-refractivity contribution in [3.63, 3.8) is 0 Å². The first-order valence-electron chi connectivity index (χ1n) is 9.56. The van der Waals surface area contributed by atoms with Crippen molar-refractivity contribution >= 4 is 33.7 Å². The lowest BCUT2D eigenvalue weighted by Gasteiger charge is -2.29. The molecule has 30 heavy (non-hydrogen) atoms. The molecule has 0 aromatic heterocycles. The minimum Gasteiger partial charge on any atom is -0.488 e. The van der Waals surface area contributed by atoms with Gasteiger partial charge >= 0.3 is 5.97 Å². The molecule has 2 amide bonds. The normalized spacial score (nSPS) is 16.3. The van der Waals surface area contributed by atoms with Crippen molar-refractivity contribution in [2.24, 2.45) is 5.73 Å². The summed E-state index contributed by atoms with van der Waals surface area (Å²) in [6.45, 7) is 2.09. The molecule has 1 aliphatic heterocycles. The molecule has 1 heterocycles. The summed E-state index contributed by atoms with van der Waals surface area (Å²) in [4.78, 5) is 37.5. The molecule has 2 aromatic carbocycles. The van der Waals surface area contributed by atoms with Gasteiger partial charge in [-0.3, -0.25) is 14.4 Å². The van der Waals surface area contributed by atoms with Gasteiger partial charge in [-0.05, 0) is 36.1 Å². The van der Waals surface area contributed by atoms with Crippen LogP contribution >= 0.6 is 15.9 Å². The van der Waals surface area contributed by atoms with Gasteiger partial charge in [0, 0.05) is 11.8 Å². The van der Waals surface area contributed by atoms with Crippen molar-refractivity contribution in [2.45, 2.75) is 43.8 Å². The van der Waals surface area contributed by atoms with Crippen LogP contribution in [0, 0.1) is 0 Å². The largest absolute Gasteiger partial charge is 0.488 e. The van der Waals surface area contributed by atoms with Gasteiger partial charge < -0.3 is 20.5 Å². The van der Waals surface area contributed by atoms with Crippen LogP contribution in [0.1, 0.15) is 52.9 Å². The Kier molecular flexibility index (Phi) is 6.77. The number of amides is 2. The van der Waals surface area contributed by atoms with Crippen molar-refractivity contribution in [2.75, 3.05) is 0 Å². The van der Waals surface area contributed by atoms with E-state index in [0.717, 1.165) is 22.0 Å². The first-order valence-corrected chi connectivity index (χ1v) is 10.7. The standard InChI is InChI=1S/C22H23BrN2O5/c1-13-16-3-2-4-18(30-12-15-7-5-14(11-23)6-8-15)20(16)22(29)25(13)17(21(24)28)9-10-19(26)27/h2-8,13,17H,9-12H2,1H3,(H2,24,28)(H,26,27). The van der Waals surface area contributed by atoms with Crippen LogP contribution in [0.15, 0.2) is 42.5 Å². The third-order valence-electron chi connectivity index (χ3n) is 5.24. The number of rotatable bonds is 9. The smallest absolute Gasteiger partial charge is 0.303 e. The van der Waals surface area contributed by atoms with E-state index in [4.69, 9.17) is 15.6 Å². The second kappa shape index (κ2) is 9.30. The molecule has 3 rings (SSSR count). The Morgan fingerprint density at radius 2 is 1.87 bits per heavy atom. The van der Waals surface area contributed by atoms with Crippen LogP contribution in [0.25, 0.3) is 0 Å². The lowest BCUT2D eigenvalue weighted by molar-refractivity contribution is -0.137. The van der Waals surface area contributed by atoms with Gasteiger partial charge in [-0.2, -0.15) is 0 Å². The Labute approximate surface area is 182 Å². The number of carboxylic acid groups (broad SMARTS) is 1. The predicted octanol–water partition coefficient (Wildman–Crippen LogP) is 3.40. The molecule has 0 aliphatic carbocycles. The number of halogens is 1. The van der Waals surface area contributed by atoms with Crippen molar-refractivity contribution < 1.29 is 24.2 Å².